The fourth-order valence-corrected chi connectivity index (χ4v) is 1.87. The third kappa shape index (κ3) is 2.50. The Hall–Kier alpha value is -1.74. The summed E-state index contributed by atoms with van der Waals surface area (Å²) in [6.07, 6.45) is 1.59. The van der Waals surface area contributed by atoms with E-state index in [-0.39, 0.29) is 0 Å². The van der Waals surface area contributed by atoms with Gasteiger partial charge in [0.2, 0.25) is 0 Å². The van der Waals surface area contributed by atoms with Gasteiger partial charge in [-0.3, -0.25) is 4.98 Å². The van der Waals surface area contributed by atoms with Crippen LogP contribution in [0, 0.1) is 0 Å². The van der Waals surface area contributed by atoms with Crippen LogP contribution in [0.3, 0.4) is 0 Å². The molecule has 0 bridgehead atoms. The number of nitrogen functional groups attached to an aromatic ring is 1. The lowest BCUT2D eigenvalue weighted by molar-refractivity contribution is 0.341. The van der Waals surface area contributed by atoms with E-state index >= 15 is 0 Å². The van der Waals surface area contributed by atoms with Gasteiger partial charge in [0.1, 0.15) is 5.75 Å². The van der Waals surface area contributed by atoms with Crippen molar-refractivity contribution in [3.05, 3.63) is 41.6 Å². The average molecular weight is 249 g/mol. The highest BCUT2D eigenvalue weighted by Crippen LogP contribution is 2.33. The van der Waals surface area contributed by atoms with Crippen molar-refractivity contribution in [2.24, 2.45) is 0 Å². The van der Waals surface area contributed by atoms with Crippen LogP contribution in [0.15, 0.2) is 36.5 Å². The van der Waals surface area contributed by atoms with E-state index in [1.54, 1.807) is 12.3 Å². The van der Waals surface area contributed by atoms with Gasteiger partial charge in [0, 0.05) is 5.56 Å². The Balaban J connectivity index is 2.52. The van der Waals surface area contributed by atoms with Crippen molar-refractivity contribution < 1.29 is 4.74 Å². The standard InChI is InChI=1S/C13H13ClN2O/c1-2-17-12-6-4-3-5-10(12)13-11(14)7-9(15)8-16-13/h3-8H,2,15H2,1H3. The Kier molecular flexibility index (Phi) is 3.49. The van der Waals surface area contributed by atoms with E-state index in [0.29, 0.717) is 23.0 Å². The van der Waals surface area contributed by atoms with E-state index < -0.39 is 0 Å². The third-order valence-corrected chi connectivity index (χ3v) is 2.59. The maximum atomic E-state index is 6.14. The number of hydrogen-bond acceptors (Lipinski definition) is 3. The normalized spacial score (nSPS) is 10.2. The van der Waals surface area contributed by atoms with E-state index in [0.717, 1.165) is 11.3 Å². The van der Waals surface area contributed by atoms with Crippen LogP contribution in [0.4, 0.5) is 5.69 Å². The maximum Gasteiger partial charge on any atom is 0.128 e. The highest BCUT2D eigenvalue weighted by Gasteiger charge is 2.10. The van der Waals surface area contributed by atoms with Crippen molar-refractivity contribution in [1.82, 2.24) is 4.98 Å². The molecule has 0 saturated carbocycles. The van der Waals surface area contributed by atoms with Gasteiger partial charge in [-0.05, 0) is 25.1 Å². The van der Waals surface area contributed by atoms with Gasteiger partial charge < -0.3 is 10.5 Å². The number of halogens is 1. The lowest BCUT2D eigenvalue weighted by atomic mass is 10.1. The summed E-state index contributed by atoms with van der Waals surface area (Å²) >= 11 is 6.14. The highest BCUT2D eigenvalue weighted by atomic mass is 35.5. The Morgan fingerprint density at radius 1 is 1.35 bits per heavy atom. The molecule has 0 aliphatic rings. The molecule has 3 nitrogen and oxygen atoms in total. The van der Waals surface area contributed by atoms with Gasteiger partial charge in [-0.2, -0.15) is 0 Å². The molecule has 1 aromatic heterocycles. The quantitative estimate of drug-likeness (QED) is 0.906. The van der Waals surface area contributed by atoms with Crippen molar-refractivity contribution in [1.29, 1.82) is 0 Å². The molecule has 0 amide bonds. The van der Waals surface area contributed by atoms with Crippen molar-refractivity contribution in [2.45, 2.75) is 6.92 Å². The van der Waals surface area contributed by atoms with Crippen LogP contribution < -0.4 is 10.5 Å². The zero-order valence-electron chi connectivity index (χ0n) is 9.48. The van der Waals surface area contributed by atoms with E-state index in [1.807, 2.05) is 31.2 Å². The number of nitrogens with zero attached hydrogens (tertiary/aromatic N) is 1. The van der Waals surface area contributed by atoms with Crippen molar-refractivity contribution in [2.75, 3.05) is 12.3 Å². The van der Waals surface area contributed by atoms with Crippen molar-refractivity contribution in [3.63, 3.8) is 0 Å². The van der Waals surface area contributed by atoms with E-state index in [4.69, 9.17) is 22.1 Å². The lowest BCUT2D eigenvalue weighted by Gasteiger charge is -2.10. The molecular weight excluding hydrogens is 236 g/mol. The molecule has 0 spiro atoms. The molecule has 2 rings (SSSR count). The Morgan fingerprint density at radius 3 is 2.82 bits per heavy atom. The highest BCUT2D eigenvalue weighted by molar-refractivity contribution is 6.33. The lowest BCUT2D eigenvalue weighted by Crippen LogP contribution is -1.96. The molecule has 0 radical (unpaired) electrons. The molecule has 0 saturated heterocycles. The smallest absolute Gasteiger partial charge is 0.128 e. The minimum Gasteiger partial charge on any atom is -0.493 e. The predicted octanol–water partition coefficient (Wildman–Crippen LogP) is 3.38. The molecule has 4 heteroatoms. The molecular formula is C13H13ClN2O. The summed E-state index contributed by atoms with van der Waals surface area (Å²) in [5.41, 5.74) is 7.73. The first-order valence-electron chi connectivity index (χ1n) is 5.35. The number of aromatic nitrogens is 1. The summed E-state index contributed by atoms with van der Waals surface area (Å²) < 4.78 is 5.55. The summed E-state index contributed by atoms with van der Waals surface area (Å²) in [6, 6.07) is 9.35. The van der Waals surface area contributed by atoms with Gasteiger partial charge in [-0.15, -0.1) is 0 Å². The summed E-state index contributed by atoms with van der Waals surface area (Å²) in [5, 5.41) is 0.525. The first-order chi connectivity index (χ1) is 8.22. The molecule has 2 N–H and O–H groups in total. The largest absolute Gasteiger partial charge is 0.493 e. The topological polar surface area (TPSA) is 48.1 Å². The van der Waals surface area contributed by atoms with Gasteiger partial charge in [-0.25, -0.2) is 0 Å². The van der Waals surface area contributed by atoms with Gasteiger partial charge in [-0.1, -0.05) is 23.7 Å². The number of hydrogen-bond donors (Lipinski definition) is 1. The van der Waals surface area contributed by atoms with Gasteiger partial charge >= 0.3 is 0 Å². The minimum absolute atomic E-state index is 0.525. The zero-order chi connectivity index (χ0) is 12.3. The maximum absolute atomic E-state index is 6.14. The Labute approximate surface area is 105 Å². The molecule has 1 aromatic carbocycles. The number of para-hydroxylation sites is 1. The summed E-state index contributed by atoms with van der Waals surface area (Å²) in [5.74, 6) is 0.772. The molecule has 0 unspecified atom stereocenters. The number of pyridine rings is 1. The summed E-state index contributed by atoms with van der Waals surface area (Å²) in [7, 11) is 0. The second kappa shape index (κ2) is 5.06. The zero-order valence-corrected chi connectivity index (χ0v) is 10.2. The second-order valence-electron chi connectivity index (χ2n) is 3.53. The van der Waals surface area contributed by atoms with Crippen LogP contribution in [0.2, 0.25) is 5.02 Å². The molecule has 1 heterocycles. The van der Waals surface area contributed by atoms with Crippen LogP contribution in [-0.2, 0) is 0 Å². The van der Waals surface area contributed by atoms with Crippen LogP contribution >= 0.6 is 11.6 Å². The number of benzene rings is 1. The predicted molar refractivity (Wildman–Crippen MR) is 70.3 cm³/mol. The fraction of sp³-hybridized carbons (Fsp3) is 0.154. The Morgan fingerprint density at radius 2 is 2.12 bits per heavy atom. The number of anilines is 1. The van der Waals surface area contributed by atoms with Gasteiger partial charge in [0.25, 0.3) is 0 Å². The number of nitrogens with two attached hydrogens (primary N) is 1. The molecule has 0 aliphatic carbocycles. The molecule has 2 aromatic rings. The second-order valence-corrected chi connectivity index (χ2v) is 3.94. The molecule has 0 fully saturated rings. The van der Waals surface area contributed by atoms with Gasteiger partial charge in [0.15, 0.2) is 0 Å². The van der Waals surface area contributed by atoms with Crippen LogP contribution in [0.1, 0.15) is 6.92 Å². The van der Waals surface area contributed by atoms with Gasteiger partial charge in [0.05, 0.1) is 29.2 Å². The third-order valence-electron chi connectivity index (χ3n) is 2.30. The Bertz CT molecular complexity index is 529. The van der Waals surface area contributed by atoms with Crippen LogP contribution in [-0.4, -0.2) is 11.6 Å². The minimum atomic E-state index is 0.525. The van der Waals surface area contributed by atoms with E-state index in [1.165, 1.54) is 0 Å². The molecule has 0 atom stereocenters. The van der Waals surface area contributed by atoms with E-state index in [9.17, 15) is 0 Å². The molecule has 0 aliphatic heterocycles. The fourth-order valence-electron chi connectivity index (χ4n) is 1.59. The molecule has 88 valence electrons. The van der Waals surface area contributed by atoms with Crippen LogP contribution in [0.25, 0.3) is 11.3 Å². The SMILES string of the molecule is CCOc1ccccc1-c1ncc(N)cc1Cl. The van der Waals surface area contributed by atoms with Crippen LogP contribution in [0.5, 0.6) is 5.75 Å². The summed E-state index contributed by atoms with van der Waals surface area (Å²) in [4.78, 5) is 4.25. The van der Waals surface area contributed by atoms with Crippen molar-refractivity contribution in [3.8, 4) is 17.0 Å². The number of rotatable bonds is 3. The monoisotopic (exact) mass is 248 g/mol. The van der Waals surface area contributed by atoms with Crippen molar-refractivity contribution >= 4 is 17.3 Å². The van der Waals surface area contributed by atoms with E-state index in [2.05, 4.69) is 4.98 Å². The average Bonchev–Trinajstić information content (AvgIpc) is 2.31. The number of ether oxygens (including phenoxy) is 1. The summed E-state index contributed by atoms with van der Waals surface area (Å²) in [6.45, 7) is 2.54. The molecule has 17 heavy (non-hydrogen) atoms. The first-order valence-corrected chi connectivity index (χ1v) is 5.73. The first kappa shape index (κ1) is 11.7.